The highest BCUT2D eigenvalue weighted by molar-refractivity contribution is 5.99. The fraction of sp³-hybridized carbons (Fsp3) is 0.143. The third-order valence-electron chi connectivity index (χ3n) is 3.80. The summed E-state index contributed by atoms with van der Waals surface area (Å²) >= 11 is 0. The third kappa shape index (κ3) is 4.60. The number of urea groups is 1. The minimum Gasteiger partial charge on any atom is -0.494 e. The molecular weight excluding hydrogens is 326 g/mol. The van der Waals surface area contributed by atoms with Crippen LogP contribution in [0, 0.1) is 6.92 Å². The zero-order valence-electron chi connectivity index (χ0n) is 14.8. The minimum atomic E-state index is -0.290. The molecule has 0 spiro atoms. The first-order valence-corrected chi connectivity index (χ1v) is 8.48. The third-order valence-corrected chi connectivity index (χ3v) is 3.80. The molecule has 0 saturated carbocycles. The van der Waals surface area contributed by atoms with Crippen molar-refractivity contribution in [1.82, 2.24) is 4.98 Å². The van der Waals surface area contributed by atoms with E-state index in [-0.39, 0.29) is 6.03 Å². The lowest BCUT2D eigenvalue weighted by atomic mass is 10.1. The normalized spacial score (nSPS) is 10.2. The predicted octanol–water partition coefficient (Wildman–Crippen LogP) is 5.10. The van der Waals surface area contributed by atoms with Gasteiger partial charge in [-0.25, -0.2) is 4.79 Å². The molecule has 0 bridgehead atoms. The number of amides is 2. The first kappa shape index (κ1) is 17.5. The second-order valence-corrected chi connectivity index (χ2v) is 5.80. The van der Waals surface area contributed by atoms with E-state index in [1.165, 1.54) is 0 Å². The van der Waals surface area contributed by atoms with Crippen molar-refractivity contribution in [1.29, 1.82) is 0 Å². The van der Waals surface area contributed by atoms with Gasteiger partial charge in [-0.15, -0.1) is 0 Å². The van der Waals surface area contributed by atoms with Gasteiger partial charge in [0.25, 0.3) is 0 Å². The van der Waals surface area contributed by atoms with Gasteiger partial charge in [0.05, 0.1) is 6.61 Å². The summed E-state index contributed by atoms with van der Waals surface area (Å²) in [6.07, 6.45) is 1.79. The van der Waals surface area contributed by atoms with Crippen LogP contribution in [0.4, 0.5) is 16.2 Å². The molecule has 1 aromatic heterocycles. The van der Waals surface area contributed by atoms with Crippen LogP contribution in [0.5, 0.6) is 5.75 Å². The fourth-order valence-electron chi connectivity index (χ4n) is 2.57. The van der Waals surface area contributed by atoms with Crippen molar-refractivity contribution in [2.75, 3.05) is 17.2 Å². The molecule has 0 aliphatic rings. The maximum atomic E-state index is 12.1. The molecular formula is C21H21N3O2. The van der Waals surface area contributed by atoms with Gasteiger partial charge in [0.1, 0.15) is 5.75 Å². The second-order valence-electron chi connectivity index (χ2n) is 5.80. The highest BCUT2D eigenvalue weighted by Crippen LogP contribution is 2.22. The van der Waals surface area contributed by atoms with Gasteiger partial charge < -0.3 is 15.4 Å². The molecule has 2 N–H and O–H groups in total. The van der Waals surface area contributed by atoms with E-state index in [4.69, 9.17) is 4.74 Å². The van der Waals surface area contributed by atoms with E-state index in [1.807, 2.05) is 62.4 Å². The summed E-state index contributed by atoms with van der Waals surface area (Å²) < 4.78 is 5.38. The Bertz CT molecular complexity index is 875. The Morgan fingerprint density at radius 1 is 0.923 bits per heavy atom. The summed E-state index contributed by atoms with van der Waals surface area (Å²) in [6, 6.07) is 18.7. The van der Waals surface area contributed by atoms with E-state index >= 15 is 0 Å². The van der Waals surface area contributed by atoms with Crippen molar-refractivity contribution in [3.63, 3.8) is 0 Å². The number of benzene rings is 2. The smallest absolute Gasteiger partial charge is 0.323 e. The molecule has 0 aliphatic carbocycles. The lowest BCUT2D eigenvalue weighted by Crippen LogP contribution is -2.19. The number of carbonyl (C=O) groups is 1. The van der Waals surface area contributed by atoms with Crippen molar-refractivity contribution in [2.45, 2.75) is 13.8 Å². The van der Waals surface area contributed by atoms with Crippen molar-refractivity contribution in [3.8, 4) is 16.9 Å². The second kappa shape index (κ2) is 8.16. The van der Waals surface area contributed by atoms with Crippen LogP contribution in [-0.4, -0.2) is 17.6 Å². The summed E-state index contributed by atoms with van der Waals surface area (Å²) in [4.78, 5) is 16.3. The molecule has 2 amide bonds. The lowest BCUT2D eigenvalue weighted by molar-refractivity contribution is 0.262. The quantitative estimate of drug-likeness (QED) is 0.675. The largest absolute Gasteiger partial charge is 0.494 e. The first-order valence-electron chi connectivity index (χ1n) is 8.48. The number of rotatable bonds is 5. The molecule has 3 rings (SSSR count). The Morgan fingerprint density at radius 3 is 2.12 bits per heavy atom. The summed E-state index contributed by atoms with van der Waals surface area (Å²) in [7, 11) is 0. The van der Waals surface area contributed by atoms with Crippen LogP contribution in [0.25, 0.3) is 11.1 Å². The maximum Gasteiger partial charge on any atom is 0.323 e. The Kier molecular flexibility index (Phi) is 5.49. The van der Waals surface area contributed by atoms with E-state index in [1.54, 1.807) is 18.3 Å². The molecule has 5 heteroatoms. The van der Waals surface area contributed by atoms with Crippen molar-refractivity contribution in [3.05, 3.63) is 72.6 Å². The van der Waals surface area contributed by atoms with Crippen LogP contribution in [0.15, 0.2) is 66.9 Å². The Hall–Kier alpha value is -3.34. The number of hydrogen-bond acceptors (Lipinski definition) is 3. The van der Waals surface area contributed by atoms with E-state index in [2.05, 4.69) is 15.6 Å². The van der Waals surface area contributed by atoms with Crippen LogP contribution in [0.3, 0.4) is 0 Å². The summed E-state index contributed by atoms with van der Waals surface area (Å²) in [5.41, 5.74) is 4.58. The maximum absolute atomic E-state index is 12.1. The van der Waals surface area contributed by atoms with Gasteiger partial charge in [-0.1, -0.05) is 12.1 Å². The van der Waals surface area contributed by atoms with Gasteiger partial charge in [-0.05, 0) is 73.5 Å². The molecule has 26 heavy (non-hydrogen) atoms. The Balaban J connectivity index is 1.60. The van der Waals surface area contributed by atoms with E-state index < -0.39 is 0 Å². The molecule has 0 radical (unpaired) electrons. The van der Waals surface area contributed by atoms with Crippen molar-refractivity contribution >= 4 is 17.4 Å². The zero-order valence-corrected chi connectivity index (χ0v) is 14.8. The van der Waals surface area contributed by atoms with Crippen molar-refractivity contribution in [2.24, 2.45) is 0 Å². The molecule has 0 atom stereocenters. The van der Waals surface area contributed by atoms with Crippen LogP contribution in [0.2, 0.25) is 0 Å². The van der Waals surface area contributed by atoms with Crippen LogP contribution in [-0.2, 0) is 0 Å². The van der Waals surface area contributed by atoms with E-state index in [9.17, 15) is 4.79 Å². The first-order chi connectivity index (χ1) is 12.6. The van der Waals surface area contributed by atoms with Crippen molar-refractivity contribution < 1.29 is 9.53 Å². The molecule has 2 aromatic carbocycles. The molecule has 0 unspecified atom stereocenters. The molecule has 3 aromatic rings. The number of pyridine rings is 1. The van der Waals surface area contributed by atoms with Crippen LogP contribution < -0.4 is 15.4 Å². The number of aryl methyl sites for hydroxylation is 1. The highest BCUT2D eigenvalue weighted by Gasteiger charge is 2.04. The molecule has 5 nitrogen and oxygen atoms in total. The van der Waals surface area contributed by atoms with E-state index in [0.717, 1.165) is 28.3 Å². The van der Waals surface area contributed by atoms with Gasteiger partial charge in [0.2, 0.25) is 0 Å². The average molecular weight is 347 g/mol. The van der Waals surface area contributed by atoms with Gasteiger partial charge >= 0.3 is 6.03 Å². The fourth-order valence-corrected chi connectivity index (χ4v) is 2.57. The van der Waals surface area contributed by atoms with Gasteiger partial charge in [0, 0.05) is 23.3 Å². The SMILES string of the molecule is CCOc1ccc(NC(=O)Nc2ccc(-c3ccnc(C)c3)cc2)cc1. The predicted molar refractivity (Wildman–Crippen MR) is 105 cm³/mol. The summed E-state index contributed by atoms with van der Waals surface area (Å²) in [6.45, 7) is 4.51. The van der Waals surface area contributed by atoms with Gasteiger partial charge in [-0.2, -0.15) is 0 Å². The minimum absolute atomic E-state index is 0.290. The standard InChI is InChI=1S/C21H21N3O2/c1-3-26-20-10-8-19(9-11-20)24-21(25)23-18-6-4-16(5-7-18)17-12-13-22-15(2)14-17/h4-14H,3H2,1-2H3,(H2,23,24,25). The number of carbonyl (C=O) groups excluding carboxylic acids is 1. The Labute approximate surface area is 153 Å². The van der Waals surface area contributed by atoms with E-state index in [0.29, 0.717) is 12.3 Å². The molecule has 1 heterocycles. The Morgan fingerprint density at radius 2 is 1.54 bits per heavy atom. The number of nitrogens with zero attached hydrogens (tertiary/aromatic N) is 1. The van der Waals surface area contributed by atoms with Gasteiger partial charge in [-0.3, -0.25) is 4.98 Å². The number of nitrogens with one attached hydrogen (secondary N) is 2. The summed E-state index contributed by atoms with van der Waals surface area (Å²) in [5.74, 6) is 0.778. The number of ether oxygens (including phenoxy) is 1. The average Bonchev–Trinajstić information content (AvgIpc) is 2.64. The van der Waals surface area contributed by atoms with Crippen LogP contribution in [0.1, 0.15) is 12.6 Å². The van der Waals surface area contributed by atoms with Crippen LogP contribution >= 0.6 is 0 Å². The zero-order chi connectivity index (χ0) is 18.4. The number of aromatic nitrogens is 1. The summed E-state index contributed by atoms with van der Waals surface area (Å²) in [5, 5.41) is 5.63. The molecule has 132 valence electrons. The molecule has 0 saturated heterocycles. The molecule has 0 aliphatic heterocycles. The molecule has 0 fully saturated rings. The monoisotopic (exact) mass is 347 g/mol. The number of anilines is 2. The topological polar surface area (TPSA) is 63.2 Å². The van der Waals surface area contributed by atoms with Gasteiger partial charge in [0.15, 0.2) is 0 Å². The highest BCUT2D eigenvalue weighted by atomic mass is 16.5. The lowest BCUT2D eigenvalue weighted by Gasteiger charge is -2.09. The number of hydrogen-bond donors (Lipinski definition) is 2.